The normalized spacial score (nSPS) is 21.3. The van der Waals surface area contributed by atoms with E-state index in [1.807, 2.05) is 11.4 Å². The highest BCUT2D eigenvalue weighted by Gasteiger charge is 2.24. The molecule has 1 saturated carbocycles. The Labute approximate surface area is 141 Å². The van der Waals surface area contributed by atoms with E-state index in [9.17, 15) is 4.79 Å². The molecule has 1 amide bonds. The van der Waals surface area contributed by atoms with Crippen LogP contribution >= 0.6 is 27.3 Å². The van der Waals surface area contributed by atoms with Gasteiger partial charge in [-0.05, 0) is 53.7 Å². The Bertz CT molecular complexity index is 627. The molecule has 3 rings (SSSR count). The van der Waals surface area contributed by atoms with Crippen molar-refractivity contribution in [1.82, 2.24) is 15.3 Å². The highest BCUT2D eigenvalue weighted by atomic mass is 79.9. The molecule has 1 aliphatic rings. The fourth-order valence-corrected chi connectivity index (χ4v) is 3.84. The Morgan fingerprint density at radius 3 is 2.64 bits per heavy atom. The Morgan fingerprint density at radius 2 is 2.00 bits per heavy atom. The van der Waals surface area contributed by atoms with Gasteiger partial charge in [0.25, 0.3) is 5.91 Å². The Balaban J connectivity index is 1.46. The quantitative estimate of drug-likeness (QED) is 0.880. The monoisotopic (exact) mass is 381 g/mol. The average Bonchev–Trinajstić information content (AvgIpc) is 2.97. The maximum Gasteiger partial charge on any atom is 0.316 e. The van der Waals surface area contributed by atoms with Crippen LogP contribution in [0.3, 0.4) is 0 Å². The van der Waals surface area contributed by atoms with E-state index in [0.29, 0.717) is 6.01 Å². The summed E-state index contributed by atoms with van der Waals surface area (Å²) in [6, 6.07) is 4.26. The number of amides is 1. The van der Waals surface area contributed by atoms with Crippen LogP contribution in [0.2, 0.25) is 0 Å². The minimum Gasteiger partial charge on any atom is -0.460 e. The molecule has 0 atom stereocenters. The van der Waals surface area contributed by atoms with E-state index >= 15 is 0 Å². The van der Waals surface area contributed by atoms with Crippen molar-refractivity contribution in [2.75, 3.05) is 0 Å². The molecule has 2 heterocycles. The molecule has 0 spiro atoms. The maximum absolute atomic E-state index is 12.1. The van der Waals surface area contributed by atoms with Gasteiger partial charge in [-0.3, -0.25) is 4.79 Å². The van der Waals surface area contributed by atoms with Crippen molar-refractivity contribution in [3.05, 3.63) is 39.3 Å². The van der Waals surface area contributed by atoms with Gasteiger partial charge in [-0.1, -0.05) is 0 Å². The Kier molecular flexibility index (Phi) is 5.04. The number of carbonyl (C=O) groups excluding carboxylic acids is 1. The molecule has 2 aromatic rings. The molecule has 5 nitrogen and oxygen atoms in total. The lowest BCUT2D eigenvalue weighted by molar-refractivity contribution is 0.0889. The van der Waals surface area contributed by atoms with Crippen LogP contribution in [-0.2, 0) is 0 Å². The summed E-state index contributed by atoms with van der Waals surface area (Å²) >= 11 is 4.82. The molecule has 7 heteroatoms. The van der Waals surface area contributed by atoms with E-state index in [-0.39, 0.29) is 18.1 Å². The summed E-state index contributed by atoms with van der Waals surface area (Å²) in [5.74, 6) is 0.00598. The van der Waals surface area contributed by atoms with Gasteiger partial charge in [-0.2, -0.15) is 0 Å². The highest BCUT2D eigenvalue weighted by Crippen LogP contribution is 2.24. The summed E-state index contributed by atoms with van der Waals surface area (Å²) in [5, 5.41) is 5.01. The summed E-state index contributed by atoms with van der Waals surface area (Å²) in [4.78, 5) is 21.0. The van der Waals surface area contributed by atoms with Gasteiger partial charge in [0.1, 0.15) is 6.10 Å². The van der Waals surface area contributed by atoms with E-state index in [2.05, 4.69) is 31.2 Å². The molecular formula is C15H16BrN3O2S. The first-order chi connectivity index (χ1) is 10.7. The molecule has 2 aromatic heterocycles. The molecule has 1 aliphatic carbocycles. The number of hydrogen-bond donors (Lipinski definition) is 1. The average molecular weight is 382 g/mol. The summed E-state index contributed by atoms with van der Waals surface area (Å²) in [6.07, 6.45) is 7.10. The molecule has 0 aromatic carbocycles. The number of thiophene rings is 1. The van der Waals surface area contributed by atoms with Crippen molar-refractivity contribution in [2.45, 2.75) is 37.8 Å². The standard InChI is InChI=1S/C15H16BrN3O2S/c16-10-8-13(22-9-10)14(20)19-11-2-4-12(5-3-11)21-15-17-6-1-7-18-15/h1,6-9,11-12H,2-5H2,(H,19,20). The number of hydrogen-bond acceptors (Lipinski definition) is 5. The van der Waals surface area contributed by atoms with Crippen LogP contribution in [0.1, 0.15) is 35.4 Å². The van der Waals surface area contributed by atoms with E-state index in [1.165, 1.54) is 11.3 Å². The van der Waals surface area contributed by atoms with Gasteiger partial charge in [-0.25, -0.2) is 9.97 Å². The fraction of sp³-hybridized carbons (Fsp3) is 0.400. The third-order valence-electron chi connectivity index (χ3n) is 3.61. The lowest BCUT2D eigenvalue weighted by Gasteiger charge is -2.28. The molecular weight excluding hydrogens is 366 g/mol. The zero-order chi connectivity index (χ0) is 15.4. The van der Waals surface area contributed by atoms with Crippen molar-refractivity contribution in [3.8, 4) is 6.01 Å². The van der Waals surface area contributed by atoms with Gasteiger partial charge in [0.2, 0.25) is 0 Å². The Morgan fingerprint density at radius 1 is 1.27 bits per heavy atom. The van der Waals surface area contributed by atoms with Crippen molar-refractivity contribution in [2.24, 2.45) is 0 Å². The van der Waals surface area contributed by atoms with E-state index in [4.69, 9.17) is 4.74 Å². The summed E-state index contributed by atoms with van der Waals surface area (Å²) in [7, 11) is 0. The zero-order valence-electron chi connectivity index (χ0n) is 11.9. The van der Waals surface area contributed by atoms with Crippen LogP contribution in [0.5, 0.6) is 6.01 Å². The third-order valence-corrected chi connectivity index (χ3v) is 5.30. The summed E-state index contributed by atoms with van der Waals surface area (Å²) < 4.78 is 6.70. The molecule has 22 heavy (non-hydrogen) atoms. The number of aromatic nitrogens is 2. The van der Waals surface area contributed by atoms with E-state index in [0.717, 1.165) is 35.0 Å². The van der Waals surface area contributed by atoms with Crippen LogP contribution in [0.15, 0.2) is 34.4 Å². The van der Waals surface area contributed by atoms with Gasteiger partial charge < -0.3 is 10.1 Å². The van der Waals surface area contributed by atoms with Gasteiger partial charge in [-0.15, -0.1) is 11.3 Å². The predicted molar refractivity (Wildman–Crippen MR) is 88.2 cm³/mol. The number of halogens is 1. The number of rotatable bonds is 4. The number of nitrogens with zero attached hydrogens (tertiary/aromatic N) is 2. The molecule has 1 fully saturated rings. The van der Waals surface area contributed by atoms with Gasteiger partial charge in [0.15, 0.2) is 0 Å². The second-order valence-electron chi connectivity index (χ2n) is 5.23. The SMILES string of the molecule is O=C(NC1CCC(Oc2ncccn2)CC1)c1cc(Br)cs1. The minimum absolute atomic E-state index is 0.00598. The highest BCUT2D eigenvalue weighted by molar-refractivity contribution is 9.10. The predicted octanol–water partition coefficient (Wildman–Crippen LogP) is 3.42. The number of carbonyl (C=O) groups is 1. The van der Waals surface area contributed by atoms with Crippen molar-refractivity contribution in [1.29, 1.82) is 0 Å². The maximum atomic E-state index is 12.1. The van der Waals surface area contributed by atoms with Gasteiger partial charge in [0.05, 0.1) is 4.88 Å². The lowest BCUT2D eigenvalue weighted by atomic mass is 9.93. The van der Waals surface area contributed by atoms with E-state index < -0.39 is 0 Å². The van der Waals surface area contributed by atoms with Gasteiger partial charge >= 0.3 is 6.01 Å². The molecule has 0 radical (unpaired) electrons. The summed E-state index contributed by atoms with van der Waals surface area (Å²) in [6.45, 7) is 0. The molecule has 0 bridgehead atoms. The largest absolute Gasteiger partial charge is 0.460 e. The first kappa shape index (κ1) is 15.4. The van der Waals surface area contributed by atoms with Crippen LogP contribution in [0.4, 0.5) is 0 Å². The van der Waals surface area contributed by atoms with Crippen molar-refractivity contribution < 1.29 is 9.53 Å². The molecule has 0 saturated heterocycles. The topological polar surface area (TPSA) is 64.1 Å². The van der Waals surface area contributed by atoms with Crippen LogP contribution < -0.4 is 10.1 Å². The van der Waals surface area contributed by atoms with Crippen LogP contribution in [0, 0.1) is 0 Å². The molecule has 1 N–H and O–H groups in total. The third kappa shape index (κ3) is 4.04. The van der Waals surface area contributed by atoms with Crippen molar-refractivity contribution >= 4 is 33.2 Å². The molecule has 0 unspecified atom stereocenters. The molecule has 0 aliphatic heterocycles. The van der Waals surface area contributed by atoms with Crippen LogP contribution in [-0.4, -0.2) is 28.0 Å². The fourth-order valence-electron chi connectivity index (χ4n) is 2.51. The van der Waals surface area contributed by atoms with Crippen molar-refractivity contribution in [3.63, 3.8) is 0 Å². The minimum atomic E-state index is 0.00598. The van der Waals surface area contributed by atoms with Gasteiger partial charge in [0, 0.05) is 28.3 Å². The first-order valence-corrected chi connectivity index (χ1v) is 8.86. The first-order valence-electron chi connectivity index (χ1n) is 7.19. The second-order valence-corrected chi connectivity index (χ2v) is 7.05. The lowest BCUT2D eigenvalue weighted by Crippen LogP contribution is -2.39. The second kappa shape index (κ2) is 7.19. The number of nitrogens with one attached hydrogen (secondary N) is 1. The van der Waals surface area contributed by atoms with E-state index in [1.54, 1.807) is 18.5 Å². The zero-order valence-corrected chi connectivity index (χ0v) is 14.3. The smallest absolute Gasteiger partial charge is 0.316 e. The number of ether oxygens (including phenoxy) is 1. The Hall–Kier alpha value is -1.47. The van der Waals surface area contributed by atoms with Crippen LogP contribution in [0.25, 0.3) is 0 Å². The molecule has 116 valence electrons. The summed E-state index contributed by atoms with van der Waals surface area (Å²) in [5.41, 5.74) is 0.